The van der Waals surface area contributed by atoms with Gasteiger partial charge in [0.2, 0.25) is 5.88 Å². The fourth-order valence-electron chi connectivity index (χ4n) is 3.06. The second kappa shape index (κ2) is 9.98. The number of carbonyl (C=O) groups is 2. The summed E-state index contributed by atoms with van der Waals surface area (Å²) in [5.74, 6) is -1.33. The lowest BCUT2D eigenvalue weighted by Crippen LogP contribution is -2.43. The van der Waals surface area contributed by atoms with Gasteiger partial charge in [-0.25, -0.2) is 4.98 Å². The number of methoxy groups -OCH3 is 1. The van der Waals surface area contributed by atoms with Gasteiger partial charge in [-0.05, 0) is 18.9 Å². The van der Waals surface area contributed by atoms with Crippen molar-refractivity contribution in [3.8, 4) is 5.88 Å². The summed E-state index contributed by atoms with van der Waals surface area (Å²) in [6.07, 6.45) is 6.73. The molecule has 2 rings (SSSR count). The minimum atomic E-state index is -0.842. The number of amides is 1. The van der Waals surface area contributed by atoms with Gasteiger partial charge in [-0.15, -0.1) is 0 Å². The van der Waals surface area contributed by atoms with Crippen molar-refractivity contribution < 1.29 is 24.2 Å². The van der Waals surface area contributed by atoms with Gasteiger partial charge in [-0.1, -0.05) is 25.7 Å². The molecule has 1 saturated carbocycles. The van der Waals surface area contributed by atoms with E-state index >= 15 is 0 Å². The zero-order chi connectivity index (χ0) is 18.1. The Balaban J connectivity index is 2.03. The fourth-order valence-corrected chi connectivity index (χ4v) is 3.06. The first-order valence-electron chi connectivity index (χ1n) is 8.73. The Kier molecular flexibility index (Phi) is 7.66. The molecule has 1 aromatic heterocycles. The molecule has 0 spiro atoms. The summed E-state index contributed by atoms with van der Waals surface area (Å²) in [4.78, 5) is 28.2. The molecule has 7 heteroatoms. The molecule has 1 amide bonds. The van der Waals surface area contributed by atoms with Crippen molar-refractivity contribution in [3.63, 3.8) is 0 Å². The molecule has 0 bridgehead atoms. The first kappa shape index (κ1) is 19.2. The van der Waals surface area contributed by atoms with Crippen LogP contribution >= 0.6 is 0 Å². The number of rotatable bonds is 7. The molecule has 0 saturated heterocycles. The molecule has 1 aliphatic rings. The molecular formula is C18H26N2O5. The number of carboxylic acids is 1. The van der Waals surface area contributed by atoms with Crippen LogP contribution in [0.15, 0.2) is 18.3 Å². The van der Waals surface area contributed by atoms with E-state index in [0.29, 0.717) is 37.5 Å². The Morgan fingerprint density at radius 1 is 1.24 bits per heavy atom. The van der Waals surface area contributed by atoms with E-state index in [4.69, 9.17) is 9.47 Å². The maximum absolute atomic E-state index is 12.5. The Labute approximate surface area is 147 Å². The van der Waals surface area contributed by atoms with Gasteiger partial charge in [0.05, 0.1) is 12.5 Å². The number of hydrogen-bond donors (Lipinski definition) is 2. The number of aliphatic carboxylic acids is 1. The van der Waals surface area contributed by atoms with Crippen molar-refractivity contribution in [3.05, 3.63) is 23.9 Å². The van der Waals surface area contributed by atoms with Gasteiger partial charge in [0.1, 0.15) is 6.61 Å². The largest absolute Gasteiger partial charge is 0.481 e. The van der Waals surface area contributed by atoms with Crippen molar-refractivity contribution in [1.29, 1.82) is 0 Å². The molecule has 7 nitrogen and oxygen atoms in total. The molecule has 2 atom stereocenters. The van der Waals surface area contributed by atoms with Gasteiger partial charge >= 0.3 is 5.97 Å². The number of aromatic nitrogens is 1. The average Bonchev–Trinajstić information content (AvgIpc) is 2.57. The molecule has 2 N–H and O–H groups in total. The van der Waals surface area contributed by atoms with Gasteiger partial charge in [0.25, 0.3) is 5.91 Å². The summed E-state index contributed by atoms with van der Waals surface area (Å²) >= 11 is 0. The highest BCUT2D eigenvalue weighted by Crippen LogP contribution is 2.23. The van der Waals surface area contributed by atoms with Crippen LogP contribution in [-0.4, -0.2) is 48.3 Å². The van der Waals surface area contributed by atoms with Crippen LogP contribution in [0.4, 0.5) is 0 Å². The molecule has 0 aliphatic heterocycles. The minimum Gasteiger partial charge on any atom is -0.481 e. The average molecular weight is 350 g/mol. The molecule has 1 aliphatic carbocycles. The van der Waals surface area contributed by atoms with E-state index in [1.807, 2.05) is 0 Å². The van der Waals surface area contributed by atoms with Crippen LogP contribution in [0.2, 0.25) is 0 Å². The van der Waals surface area contributed by atoms with Crippen LogP contribution < -0.4 is 10.1 Å². The predicted octanol–water partition coefficient (Wildman–Crippen LogP) is 2.26. The van der Waals surface area contributed by atoms with Crippen molar-refractivity contribution in [1.82, 2.24) is 10.3 Å². The summed E-state index contributed by atoms with van der Waals surface area (Å²) in [7, 11) is 1.58. The molecule has 0 aromatic carbocycles. The topological polar surface area (TPSA) is 97.8 Å². The number of pyridine rings is 1. The number of carboxylic acid groups (broad SMARTS) is 1. The monoisotopic (exact) mass is 350 g/mol. The van der Waals surface area contributed by atoms with Crippen molar-refractivity contribution in [2.45, 2.75) is 44.6 Å². The summed E-state index contributed by atoms with van der Waals surface area (Å²) < 4.78 is 10.3. The lowest BCUT2D eigenvalue weighted by molar-refractivity contribution is -0.143. The maximum Gasteiger partial charge on any atom is 0.308 e. The summed E-state index contributed by atoms with van der Waals surface area (Å²) in [5.41, 5.74) is 0.411. The molecule has 25 heavy (non-hydrogen) atoms. The highest BCUT2D eigenvalue weighted by Gasteiger charge is 2.30. The molecule has 1 heterocycles. The zero-order valence-electron chi connectivity index (χ0n) is 14.6. The number of nitrogens with zero attached hydrogens (tertiary/aromatic N) is 1. The number of ether oxygens (including phenoxy) is 2. The normalized spacial score (nSPS) is 21.0. The second-order valence-electron chi connectivity index (χ2n) is 6.24. The second-order valence-corrected chi connectivity index (χ2v) is 6.24. The van der Waals surface area contributed by atoms with Crippen LogP contribution in [0, 0.1) is 5.92 Å². The molecular weight excluding hydrogens is 324 g/mol. The van der Waals surface area contributed by atoms with E-state index in [-0.39, 0.29) is 11.9 Å². The Bertz CT molecular complexity index is 578. The van der Waals surface area contributed by atoms with E-state index in [1.165, 1.54) is 6.20 Å². The Morgan fingerprint density at radius 3 is 2.72 bits per heavy atom. The van der Waals surface area contributed by atoms with Gasteiger partial charge < -0.3 is 19.9 Å². The van der Waals surface area contributed by atoms with Crippen LogP contribution in [0.25, 0.3) is 0 Å². The fraction of sp³-hybridized carbons (Fsp3) is 0.611. The van der Waals surface area contributed by atoms with Crippen LogP contribution in [0.3, 0.4) is 0 Å². The molecule has 138 valence electrons. The first-order valence-corrected chi connectivity index (χ1v) is 8.73. The standard InChI is InChI=1S/C18H26N2O5/c1-24-10-11-25-16-12-13(8-9-19-16)17(21)20-15-7-5-3-2-4-6-14(15)18(22)23/h8-9,12,14-15H,2-7,10-11H2,1H3,(H,20,21)(H,22,23). The van der Waals surface area contributed by atoms with Crippen molar-refractivity contribution >= 4 is 11.9 Å². The summed E-state index contributed by atoms with van der Waals surface area (Å²) in [6, 6.07) is 2.80. The summed E-state index contributed by atoms with van der Waals surface area (Å²) in [5, 5.41) is 12.4. The molecule has 1 fully saturated rings. The van der Waals surface area contributed by atoms with E-state index in [1.54, 1.807) is 19.2 Å². The summed E-state index contributed by atoms with van der Waals surface area (Å²) in [6.45, 7) is 0.777. The molecule has 0 radical (unpaired) electrons. The highest BCUT2D eigenvalue weighted by molar-refractivity contribution is 5.94. The zero-order valence-corrected chi connectivity index (χ0v) is 14.6. The third-order valence-electron chi connectivity index (χ3n) is 4.43. The molecule has 2 unspecified atom stereocenters. The van der Waals surface area contributed by atoms with Crippen molar-refractivity contribution in [2.24, 2.45) is 5.92 Å². The predicted molar refractivity (Wildman–Crippen MR) is 91.7 cm³/mol. The van der Waals surface area contributed by atoms with Crippen LogP contribution in [0.1, 0.15) is 48.9 Å². The van der Waals surface area contributed by atoms with Crippen LogP contribution in [0.5, 0.6) is 5.88 Å². The highest BCUT2D eigenvalue weighted by atomic mass is 16.5. The number of hydrogen-bond acceptors (Lipinski definition) is 5. The van der Waals surface area contributed by atoms with Gasteiger partial charge in [-0.2, -0.15) is 0 Å². The Morgan fingerprint density at radius 2 is 2.00 bits per heavy atom. The quantitative estimate of drug-likeness (QED) is 0.732. The Hall–Kier alpha value is -2.15. The van der Waals surface area contributed by atoms with E-state index in [0.717, 1.165) is 25.7 Å². The number of carbonyl (C=O) groups excluding carboxylic acids is 1. The third-order valence-corrected chi connectivity index (χ3v) is 4.43. The SMILES string of the molecule is COCCOc1cc(C(=O)NC2CCCCCCC2C(=O)O)ccn1. The van der Waals surface area contributed by atoms with Gasteiger partial charge in [0, 0.05) is 31.0 Å². The minimum absolute atomic E-state index is 0.296. The molecule has 1 aromatic rings. The van der Waals surface area contributed by atoms with E-state index in [9.17, 15) is 14.7 Å². The van der Waals surface area contributed by atoms with E-state index < -0.39 is 11.9 Å². The van der Waals surface area contributed by atoms with Gasteiger partial charge in [-0.3, -0.25) is 9.59 Å². The van der Waals surface area contributed by atoms with Gasteiger partial charge in [0.15, 0.2) is 0 Å². The smallest absolute Gasteiger partial charge is 0.308 e. The van der Waals surface area contributed by atoms with E-state index in [2.05, 4.69) is 10.3 Å². The lowest BCUT2D eigenvalue weighted by atomic mass is 9.86. The van der Waals surface area contributed by atoms with Crippen LogP contribution in [-0.2, 0) is 9.53 Å². The first-order chi connectivity index (χ1) is 12.1. The number of nitrogens with one attached hydrogen (secondary N) is 1. The lowest BCUT2D eigenvalue weighted by Gasteiger charge is -2.27. The van der Waals surface area contributed by atoms with Crippen molar-refractivity contribution in [2.75, 3.05) is 20.3 Å². The third kappa shape index (κ3) is 6.01. The maximum atomic E-state index is 12.5.